The standard InChI is InChI=1S/C21H20BrN7O7/c22-7-15(31)36-14(30)6-5-13(20(34)35)27-18(32)10-1-3-11(4-2-10)24-8-12-9-25-17-16(26-12)19(33)29-21(23)28-17/h1-4,9,13,24H,5-8H2,(H,27,32)(H,34,35)(H3,23,25,28,29,33). The largest absolute Gasteiger partial charge is 0.480 e. The summed E-state index contributed by atoms with van der Waals surface area (Å²) in [7, 11) is 0. The minimum atomic E-state index is -1.36. The van der Waals surface area contributed by atoms with Gasteiger partial charge in [-0.3, -0.25) is 24.2 Å². The number of amides is 1. The van der Waals surface area contributed by atoms with Crippen LogP contribution in [0.25, 0.3) is 11.2 Å². The molecule has 1 aromatic carbocycles. The Bertz CT molecular complexity index is 1360. The summed E-state index contributed by atoms with van der Waals surface area (Å²) >= 11 is 2.84. The van der Waals surface area contributed by atoms with Gasteiger partial charge in [0.1, 0.15) is 11.4 Å². The lowest BCUT2D eigenvalue weighted by atomic mass is 10.1. The molecule has 0 fully saturated rings. The molecule has 2 heterocycles. The molecule has 0 spiro atoms. The molecule has 0 aliphatic carbocycles. The number of rotatable bonds is 10. The highest BCUT2D eigenvalue weighted by molar-refractivity contribution is 9.09. The highest BCUT2D eigenvalue weighted by atomic mass is 79.9. The van der Waals surface area contributed by atoms with Crippen LogP contribution in [0.2, 0.25) is 0 Å². The number of hydrogen-bond acceptors (Lipinski definition) is 11. The number of nitrogens with two attached hydrogens (primary N) is 1. The number of aliphatic carboxylic acids is 1. The molecule has 1 amide bonds. The Labute approximate surface area is 210 Å². The van der Waals surface area contributed by atoms with E-state index in [-0.39, 0.29) is 47.4 Å². The minimum Gasteiger partial charge on any atom is -0.480 e. The summed E-state index contributed by atoms with van der Waals surface area (Å²) in [5.41, 5.74) is 6.41. The first-order valence-corrected chi connectivity index (χ1v) is 11.5. The van der Waals surface area contributed by atoms with E-state index in [1.807, 2.05) is 0 Å². The SMILES string of the molecule is Nc1nc2ncc(CNc3ccc(C(=O)NC(CCC(=O)OC(=O)CBr)C(=O)O)cc3)nc2c(=O)[nH]1. The zero-order valence-corrected chi connectivity index (χ0v) is 20.1. The molecule has 14 nitrogen and oxygen atoms in total. The monoisotopic (exact) mass is 561 g/mol. The highest BCUT2D eigenvalue weighted by Gasteiger charge is 2.23. The van der Waals surface area contributed by atoms with E-state index in [1.54, 1.807) is 12.1 Å². The van der Waals surface area contributed by atoms with Crippen LogP contribution in [0.4, 0.5) is 11.6 Å². The number of carboxylic acids is 1. The first-order chi connectivity index (χ1) is 17.2. The number of nitrogen functional groups attached to an aromatic ring is 1. The number of ether oxygens (including phenoxy) is 1. The zero-order valence-electron chi connectivity index (χ0n) is 18.5. The number of anilines is 2. The fraction of sp³-hybridized carbons (Fsp3) is 0.238. The Balaban J connectivity index is 1.57. The van der Waals surface area contributed by atoms with Crippen LogP contribution in [0.3, 0.4) is 0 Å². The highest BCUT2D eigenvalue weighted by Crippen LogP contribution is 2.12. The number of esters is 2. The van der Waals surface area contributed by atoms with E-state index >= 15 is 0 Å². The summed E-state index contributed by atoms with van der Waals surface area (Å²) in [6.45, 7) is 0.215. The molecule has 1 atom stereocenters. The molecule has 36 heavy (non-hydrogen) atoms. The van der Waals surface area contributed by atoms with Crippen LogP contribution in [0.15, 0.2) is 35.3 Å². The third-order valence-electron chi connectivity index (χ3n) is 4.68. The predicted molar refractivity (Wildman–Crippen MR) is 129 cm³/mol. The van der Waals surface area contributed by atoms with Gasteiger partial charge in [-0.25, -0.2) is 14.8 Å². The number of hydrogen-bond donors (Lipinski definition) is 5. The number of nitrogens with one attached hydrogen (secondary N) is 3. The number of carbonyl (C=O) groups is 4. The Morgan fingerprint density at radius 1 is 1.14 bits per heavy atom. The van der Waals surface area contributed by atoms with Gasteiger partial charge in [0.25, 0.3) is 11.5 Å². The Kier molecular flexibility index (Phi) is 8.61. The van der Waals surface area contributed by atoms with E-state index in [4.69, 9.17) is 5.73 Å². The molecular weight excluding hydrogens is 542 g/mol. The average molecular weight is 562 g/mol. The number of nitrogens with zero attached hydrogens (tertiary/aromatic N) is 3. The van der Waals surface area contributed by atoms with E-state index < -0.39 is 35.4 Å². The zero-order chi connectivity index (χ0) is 26.2. The molecule has 0 saturated heterocycles. The molecule has 15 heteroatoms. The van der Waals surface area contributed by atoms with Crippen LogP contribution in [0.1, 0.15) is 28.9 Å². The molecule has 6 N–H and O–H groups in total. The van der Waals surface area contributed by atoms with Gasteiger partial charge in [0.15, 0.2) is 11.2 Å². The molecule has 0 aliphatic rings. The van der Waals surface area contributed by atoms with Crippen molar-refractivity contribution in [2.24, 2.45) is 0 Å². The fourth-order valence-corrected chi connectivity index (χ4v) is 3.07. The summed E-state index contributed by atoms with van der Waals surface area (Å²) in [6.07, 6.45) is 0.819. The first kappa shape index (κ1) is 26.2. The molecule has 3 rings (SSSR count). The Morgan fingerprint density at radius 3 is 2.53 bits per heavy atom. The van der Waals surface area contributed by atoms with Gasteiger partial charge in [-0.1, -0.05) is 15.9 Å². The van der Waals surface area contributed by atoms with E-state index in [9.17, 15) is 29.1 Å². The molecule has 2 aromatic heterocycles. The van der Waals surface area contributed by atoms with E-state index in [1.165, 1.54) is 18.3 Å². The number of alkyl halides is 1. The summed E-state index contributed by atoms with van der Waals surface area (Å²) < 4.78 is 4.45. The number of benzene rings is 1. The van der Waals surface area contributed by atoms with Crippen molar-refractivity contribution in [3.63, 3.8) is 0 Å². The first-order valence-electron chi connectivity index (χ1n) is 10.3. The lowest BCUT2D eigenvalue weighted by Gasteiger charge is -2.14. The second kappa shape index (κ2) is 11.8. The predicted octanol–water partition coefficient (Wildman–Crippen LogP) is 0.335. The van der Waals surface area contributed by atoms with Gasteiger partial charge in [0, 0.05) is 17.7 Å². The van der Waals surface area contributed by atoms with Gasteiger partial charge < -0.3 is 26.2 Å². The van der Waals surface area contributed by atoms with Gasteiger partial charge in [-0.2, -0.15) is 4.98 Å². The number of carboxylic acid groups (broad SMARTS) is 1. The van der Waals surface area contributed by atoms with Crippen molar-refractivity contribution in [3.8, 4) is 0 Å². The van der Waals surface area contributed by atoms with Crippen molar-refractivity contribution in [1.82, 2.24) is 25.3 Å². The van der Waals surface area contributed by atoms with E-state index in [2.05, 4.69) is 51.2 Å². The second-order valence-corrected chi connectivity index (χ2v) is 7.86. The second-order valence-electron chi connectivity index (χ2n) is 7.30. The van der Waals surface area contributed by atoms with Gasteiger partial charge in [-0.15, -0.1) is 0 Å². The quantitative estimate of drug-likeness (QED) is 0.128. The molecule has 3 aromatic rings. The van der Waals surface area contributed by atoms with Crippen LogP contribution in [-0.4, -0.2) is 60.2 Å². The topological polar surface area (TPSA) is 219 Å². The van der Waals surface area contributed by atoms with Crippen molar-refractivity contribution >= 4 is 62.5 Å². The van der Waals surface area contributed by atoms with Gasteiger partial charge in [0.05, 0.1) is 18.4 Å². The van der Waals surface area contributed by atoms with Crippen molar-refractivity contribution in [2.45, 2.75) is 25.4 Å². The number of carbonyl (C=O) groups excluding carboxylic acids is 3. The summed E-state index contributed by atoms with van der Waals surface area (Å²) in [5, 5.41) is 14.6. The number of aromatic amines is 1. The summed E-state index contributed by atoms with van der Waals surface area (Å²) in [4.78, 5) is 73.1. The number of fused-ring (bicyclic) bond motifs is 1. The van der Waals surface area contributed by atoms with Crippen LogP contribution in [0.5, 0.6) is 0 Å². The van der Waals surface area contributed by atoms with E-state index in [0.717, 1.165) is 0 Å². The minimum absolute atomic E-state index is 0.0477. The van der Waals surface area contributed by atoms with Crippen molar-refractivity contribution in [3.05, 3.63) is 52.1 Å². The molecule has 188 valence electrons. The van der Waals surface area contributed by atoms with Crippen molar-refractivity contribution < 1.29 is 29.0 Å². The molecule has 0 aliphatic heterocycles. The Hall–Kier alpha value is -4.40. The fourth-order valence-electron chi connectivity index (χ4n) is 2.95. The molecule has 0 bridgehead atoms. The summed E-state index contributed by atoms with van der Waals surface area (Å²) in [6, 6.07) is 4.78. The lowest BCUT2D eigenvalue weighted by molar-refractivity contribution is -0.157. The van der Waals surface area contributed by atoms with Crippen LogP contribution in [0, 0.1) is 0 Å². The molecule has 1 unspecified atom stereocenters. The maximum Gasteiger partial charge on any atom is 0.326 e. The van der Waals surface area contributed by atoms with Crippen molar-refractivity contribution in [2.75, 3.05) is 16.4 Å². The number of halogens is 1. The third-order valence-corrected chi connectivity index (χ3v) is 5.14. The van der Waals surface area contributed by atoms with E-state index in [0.29, 0.717) is 11.4 Å². The number of H-pyrrole nitrogens is 1. The lowest BCUT2D eigenvalue weighted by Crippen LogP contribution is -2.41. The normalized spacial score (nSPS) is 11.5. The molecular formula is C21H20BrN7O7. The average Bonchev–Trinajstić information content (AvgIpc) is 2.85. The van der Waals surface area contributed by atoms with Gasteiger partial charge >= 0.3 is 17.9 Å². The third kappa shape index (κ3) is 7.05. The van der Waals surface area contributed by atoms with Crippen LogP contribution in [-0.2, 0) is 25.7 Å². The molecule has 0 radical (unpaired) electrons. The van der Waals surface area contributed by atoms with Crippen LogP contribution >= 0.6 is 15.9 Å². The van der Waals surface area contributed by atoms with Crippen molar-refractivity contribution in [1.29, 1.82) is 0 Å². The number of aromatic nitrogens is 4. The smallest absolute Gasteiger partial charge is 0.326 e. The maximum atomic E-state index is 12.5. The van der Waals surface area contributed by atoms with Gasteiger partial charge in [-0.05, 0) is 30.7 Å². The van der Waals surface area contributed by atoms with Crippen LogP contribution < -0.4 is 21.9 Å². The maximum absolute atomic E-state index is 12.5. The molecule has 0 saturated carbocycles. The Morgan fingerprint density at radius 2 is 1.86 bits per heavy atom. The summed E-state index contributed by atoms with van der Waals surface area (Å²) in [5.74, 6) is -3.75. The van der Waals surface area contributed by atoms with Gasteiger partial charge in [0.2, 0.25) is 5.95 Å².